The van der Waals surface area contributed by atoms with Gasteiger partial charge in [-0.3, -0.25) is 0 Å². The molecule has 0 aromatic rings. The average Bonchev–Trinajstić information content (AvgIpc) is 2.45. The van der Waals surface area contributed by atoms with E-state index in [1.165, 1.54) is 96.3 Å². The lowest BCUT2D eigenvalue weighted by Crippen LogP contribution is -2.21. The normalized spacial score (nSPS) is 11.4. The lowest BCUT2D eigenvalue weighted by Gasteiger charge is -2.27. The van der Waals surface area contributed by atoms with Crippen molar-refractivity contribution in [2.45, 2.75) is 122 Å². The Morgan fingerprint density at radius 3 is 1.05 bits per heavy atom. The van der Waals surface area contributed by atoms with Crippen LogP contribution < -0.4 is 6.15 Å². The van der Waals surface area contributed by atoms with Gasteiger partial charge in [0.15, 0.2) is 0 Å². The van der Waals surface area contributed by atoms with E-state index in [0.717, 1.165) is 0 Å². The third kappa shape index (κ3) is 14.9. The minimum absolute atomic E-state index is 0. The van der Waals surface area contributed by atoms with Crippen molar-refractivity contribution >= 4 is 11.6 Å². The van der Waals surface area contributed by atoms with Gasteiger partial charge in [0.25, 0.3) is 0 Å². The first-order chi connectivity index (χ1) is 9.68. The van der Waals surface area contributed by atoms with Crippen LogP contribution in [-0.2, 0) is 0 Å². The van der Waals surface area contributed by atoms with E-state index >= 15 is 0 Å². The first-order valence-electron chi connectivity index (χ1n) is 9.37. The fourth-order valence-electron chi connectivity index (χ4n) is 2.98. The molecular weight excluding hydrogens is 278 g/mol. The molecule has 0 fully saturated rings. The van der Waals surface area contributed by atoms with Gasteiger partial charge < -0.3 is 6.15 Å². The molecule has 0 saturated carbocycles. The number of halogens is 1. The number of rotatable bonds is 15. The smallest absolute Gasteiger partial charge is 0.0446 e. The molecule has 0 aromatic heterocycles. The Labute approximate surface area is 140 Å². The van der Waals surface area contributed by atoms with Crippen LogP contribution in [0.3, 0.4) is 0 Å². The highest BCUT2D eigenvalue weighted by molar-refractivity contribution is 6.23. The molecule has 2 heteroatoms. The molecule has 130 valence electrons. The van der Waals surface area contributed by atoms with Gasteiger partial charge in [0.1, 0.15) is 0 Å². The molecule has 21 heavy (non-hydrogen) atoms. The average molecular weight is 320 g/mol. The van der Waals surface area contributed by atoms with Gasteiger partial charge in [-0.05, 0) is 19.3 Å². The second-order valence-corrected chi connectivity index (χ2v) is 7.38. The minimum atomic E-state index is 0. The Kier molecular flexibility index (Phi) is 18.6. The van der Waals surface area contributed by atoms with Crippen LogP contribution in [0.4, 0.5) is 0 Å². The summed E-state index contributed by atoms with van der Waals surface area (Å²) in [4.78, 5) is 0.120. The predicted octanol–water partition coefficient (Wildman–Crippen LogP) is 8.04. The Hall–Kier alpha value is 0.250. The van der Waals surface area contributed by atoms with E-state index in [1.54, 1.807) is 0 Å². The zero-order chi connectivity index (χ0) is 15.1. The lowest BCUT2D eigenvalue weighted by molar-refractivity contribution is 0.399. The molecule has 0 spiro atoms. The zero-order valence-corrected chi connectivity index (χ0v) is 15.9. The lowest BCUT2D eigenvalue weighted by atomic mass is 9.88. The summed E-state index contributed by atoms with van der Waals surface area (Å²) < 4.78 is 0. The first-order valence-corrected chi connectivity index (χ1v) is 9.75. The molecule has 0 heterocycles. The van der Waals surface area contributed by atoms with Crippen LogP contribution >= 0.6 is 11.6 Å². The van der Waals surface area contributed by atoms with Crippen molar-refractivity contribution in [3.05, 3.63) is 0 Å². The van der Waals surface area contributed by atoms with Crippen LogP contribution in [0.25, 0.3) is 0 Å². The summed E-state index contributed by atoms with van der Waals surface area (Å²) in [6, 6.07) is 0. The van der Waals surface area contributed by atoms with Crippen molar-refractivity contribution in [2.75, 3.05) is 0 Å². The molecular formula is C19H42ClN. The van der Waals surface area contributed by atoms with Crippen LogP contribution in [0.1, 0.15) is 117 Å². The fraction of sp³-hybridized carbons (Fsp3) is 1.00. The highest BCUT2D eigenvalue weighted by Crippen LogP contribution is 2.35. The van der Waals surface area contributed by atoms with Gasteiger partial charge in [0.2, 0.25) is 0 Å². The summed E-state index contributed by atoms with van der Waals surface area (Å²) in [7, 11) is 0. The summed E-state index contributed by atoms with van der Waals surface area (Å²) in [5.74, 6) is 0. The van der Waals surface area contributed by atoms with Crippen LogP contribution in [0, 0.1) is 0 Å². The third-order valence-corrected chi connectivity index (χ3v) is 5.00. The number of alkyl halides is 1. The number of hydrogen-bond donors (Lipinski definition) is 1. The molecule has 0 radical (unpaired) electrons. The van der Waals surface area contributed by atoms with Gasteiger partial charge in [0, 0.05) is 4.87 Å². The van der Waals surface area contributed by atoms with E-state index in [2.05, 4.69) is 20.8 Å². The largest absolute Gasteiger partial charge is 0.344 e. The summed E-state index contributed by atoms with van der Waals surface area (Å²) in [5.41, 5.74) is 0. The molecule has 0 atom stereocenters. The fourth-order valence-corrected chi connectivity index (χ4v) is 3.38. The van der Waals surface area contributed by atoms with E-state index in [-0.39, 0.29) is 11.0 Å². The molecule has 1 nitrogen and oxygen atoms in total. The van der Waals surface area contributed by atoms with E-state index in [9.17, 15) is 0 Å². The summed E-state index contributed by atoms with van der Waals surface area (Å²) in [5, 5.41) is 0. The standard InChI is InChI=1S/C19H39Cl.H3N/c1-4-7-10-13-16-19(20,17-14-11-8-5-2)18-15-12-9-6-3;/h4-18H2,1-3H3;1H3. The van der Waals surface area contributed by atoms with Crippen molar-refractivity contribution in [3.8, 4) is 0 Å². The molecule has 0 aliphatic heterocycles. The van der Waals surface area contributed by atoms with Gasteiger partial charge in [-0.2, -0.15) is 0 Å². The highest BCUT2D eigenvalue weighted by Gasteiger charge is 2.25. The Balaban J connectivity index is 0. The van der Waals surface area contributed by atoms with E-state index < -0.39 is 0 Å². The van der Waals surface area contributed by atoms with Crippen LogP contribution in [0.5, 0.6) is 0 Å². The van der Waals surface area contributed by atoms with Crippen molar-refractivity contribution in [1.82, 2.24) is 6.15 Å². The maximum Gasteiger partial charge on any atom is 0.0446 e. The maximum atomic E-state index is 6.98. The molecule has 0 rings (SSSR count). The van der Waals surface area contributed by atoms with Crippen molar-refractivity contribution in [2.24, 2.45) is 0 Å². The van der Waals surface area contributed by atoms with Gasteiger partial charge in [-0.15, -0.1) is 11.6 Å². The topological polar surface area (TPSA) is 35.0 Å². The van der Waals surface area contributed by atoms with E-state index in [4.69, 9.17) is 11.6 Å². The van der Waals surface area contributed by atoms with Crippen molar-refractivity contribution in [1.29, 1.82) is 0 Å². The molecule has 0 bridgehead atoms. The Bertz CT molecular complexity index is 163. The Morgan fingerprint density at radius 2 is 0.810 bits per heavy atom. The first kappa shape index (κ1) is 23.5. The quantitative estimate of drug-likeness (QED) is 0.240. The monoisotopic (exact) mass is 319 g/mol. The number of hydrogen-bond acceptors (Lipinski definition) is 1. The molecule has 0 unspecified atom stereocenters. The van der Waals surface area contributed by atoms with E-state index in [1.807, 2.05) is 0 Å². The SMILES string of the molecule is CCCCCCC(Cl)(CCCCCC)CCCCCC.N. The van der Waals surface area contributed by atoms with Crippen molar-refractivity contribution < 1.29 is 0 Å². The van der Waals surface area contributed by atoms with E-state index in [0.29, 0.717) is 0 Å². The second-order valence-electron chi connectivity index (χ2n) is 6.58. The van der Waals surface area contributed by atoms with Gasteiger partial charge >= 0.3 is 0 Å². The summed E-state index contributed by atoms with van der Waals surface area (Å²) >= 11 is 6.98. The summed E-state index contributed by atoms with van der Waals surface area (Å²) in [6.45, 7) is 6.84. The highest BCUT2D eigenvalue weighted by atomic mass is 35.5. The number of unbranched alkanes of at least 4 members (excludes halogenated alkanes) is 9. The second kappa shape index (κ2) is 16.6. The van der Waals surface area contributed by atoms with Crippen LogP contribution in [0.2, 0.25) is 0 Å². The maximum absolute atomic E-state index is 6.98. The zero-order valence-electron chi connectivity index (χ0n) is 15.2. The molecule has 0 aliphatic rings. The van der Waals surface area contributed by atoms with Gasteiger partial charge in [-0.25, -0.2) is 0 Å². The predicted molar refractivity (Wildman–Crippen MR) is 99.9 cm³/mol. The molecule has 0 amide bonds. The minimum Gasteiger partial charge on any atom is -0.344 e. The van der Waals surface area contributed by atoms with Crippen LogP contribution in [-0.4, -0.2) is 4.87 Å². The van der Waals surface area contributed by atoms with Crippen LogP contribution in [0.15, 0.2) is 0 Å². The molecule has 0 aromatic carbocycles. The van der Waals surface area contributed by atoms with Crippen molar-refractivity contribution in [3.63, 3.8) is 0 Å². The third-order valence-electron chi connectivity index (χ3n) is 4.44. The van der Waals surface area contributed by atoms with Gasteiger partial charge in [-0.1, -0.05) is 97.8 Å². The Morgan fingerprint density at radius 1 is 0.524 bits per heavy atom. The van der Waals surface area contributed by atoms with Gasteiger partial charge in [0.05, 0.1) is 0 Å². The molecule has 3 N–H and O–H groups in total. The summed E-state index contributed by atoms with van der Waals surface area (Å²) in [6.07, 6.45) is 19.9. The molecule has 0 aliphatic carbocycles. The molecule has 0 saturated heterocycles.